The summed E-state index contributed by atoms with van der Waals surface area (Å²) < 4.78 is 43.2. The van der Waals surface area contributed by atoms with Crippen molar-refractivity contribution in [2.45, 2.75) is 35.1 Å². The number of carboxylic acid groups (broad SMARTS) is 2. The molecule has 408 valence electrons. The van der Waals surface area contributed by atoms with Gasteiger partial charge in [-0.2, -0.15) is 20.5 Å². The molecule has 0 radical (unpaired) electrons. The fraction of sp³-hybridized carbons (Fsp3) is 0.420. The normalized spacial score (nSPS) is 10.4. The Morgan fingerprint density at radius 2 is 0.844 bits per heavy atom. The van der Waals surface area contributed by atoms with Gasteiger partial charge >= 0.3 is 109 Å². The zero-order valence-electron chi connectivity index (χ0n) is 43.6. The summed E-state index contributed by atoms with van der Waals surface area (Å²) in [4.78, 5) is 57.2. The quantitative estimate of drug-likeness (QED) is 0.0117. The van der Waals surface area contributed by atoms with Crippen molar-refractivity contribution in [1.82, 2.24) is 0 Å². The zero-order valence-corrected chi connectivity index (χ0v) is 49.9. The number of hydrogen-bond donors (Lipinski definition) is 0. The third-order valence-electron chi connectivity index (χ3n) is 9.45. The predicted octanol–water partition coefficient (Wildman–Crippen LogP) is 0.754. The second-order valence-corrected chi connectivity index (χ2v) is 14.8. The first-order valence-corrected chi connectivity index (χ1v) is 23.2. The number of ether oxygens (including phenoxy) is 8. The maximum Gasteiger partial charge on any atom is 1.00 e. The summed E-state index contributed by atoms with van der Waals surface area (Å²) in [6.45, 7) is 14.0. The van der Waals surface area contributed by atoms with Crippen molar-refractivity contribution in [2.75, 3.05) is 115 Å². The minimum absolute atomic E-state index is 0. The third-order valence-corrected chi connectivity index (χ3v) is 9.45. The van der Waals surface area contributed by atoms with Gasteiger partial charge in [0, 0.05) is 62.6 Å². The van der Waals surface area contributed by atoms with E-state index in [4.69, 9.17) is 37.9 Å². The molecule has 4 aromatic rings. The van der Waals surface area contributed by atoms with E-state index < -0.39 is 41.0 Å². The molecule has 4 aromatic carbocycles. The Kier molecular flexibility index (Phi) is 39.5. The molecule has 0 heterocycles. The van der Waals surface area contributed by atoms with E-state index in [1.54, 1.807) is 49.1 Å². The molecule has 0 aliphatic rings. The Hall–Kier alpha value is -4.86. The summed E-state index contributed by atoms with van der Waals surface area (Å²) in [6.07, 6.45) is 0. The van der Waals surface area contributed by atoms with Gasteiger partial charge in [0.15, 0.2) is 0 Å². The number of carbonyl (C=O) groups excluding carboxylic acids is 3. The second-order valence-electron chi connectivity index (χ2n) is 14.8. The maximum atomic E-state index is 11.6. The topological polar surface area (TPSA) is 313 Å². The van der Waals surface area contributed by atoms with Gasteiger partial charge in [0.1, 0.15) is 30.5 Å². The molecule has 0 aliphatic carbocycles. The second kappa shape index (κ2) is 42.1. The van der Waals surface area contributed by atoms with Crippen LogP contribution in [0.25, 0.3) is 0 Å². The van der Waals surface area contributed by atoms with E-state index in [9.17, 15) is 44.8 Å². The fourth-order valence-electron chi connectivity index (χ4n) is 6.21. The molecule has 0 atom stereocenters. The number of aliphatic carboxylic acids is 2. The smallest absolute Gasteiger partial charge is 0.548 e. The summed E-state index contributed by atoms with van der Waals surface area (Å²) in [5, 5.41) is 59.4. The van der Waals surface area contributed by atoms with Gasteiger partial charge < -0.3 is 67.5 Å². The summed E-state index contributed by atoms with van der Waals surface area (Å²) in [6, 6.07) is 21.8. The number of carbonyl (C=O) groups is 3. The Morgan fingerprint density at radius 1 is 0.506 bits per heavy atom. The number of carboxylic acids is 2. The molecule has 77 heavy (non-hydrogen) atoms. The molecule has 0 fully saturated rings. The predicted molar refractivity (Wildman–Crippen MR) is 272 cm³/mol. The van der Waals surface area contributed by atoms with Gasteiger partial charge in [0.25, 0.3) is 11.4 Å². The number of nitro benzene ring substituents is 2. The molecule has 0 bridgehead atoms. The molecule has 0 aromatic heterocycles. The summed E-state index contributed by atoms with van der Waals surface area (Å²) in [5.41, 5.74) is 3.24. The Balaban J connectivity index is 0.00000145. The number of hydrogen-bond acceptors (Lipinski definition) is 23. The van der Waals surface area contributed by atoms with Crippen LogP contribution in [0.5, 0.6) is 11.5 Å². The molecule has 0 saturated carbocycles. The fourth-order valence-corrected chi connectivity index (χ4v) is 6.21. The van der Waals surface area contributed by atoms with Crippen LogP contribution in [-0.2, 0) is 42.8 Å². The first-order chi connectivity index (χ1) is 35.7. The third kappa shape index (κ3) is 29.6. The molecule has 27 heteroatoms. The summed E-state index contributed by atoms with van der Waals surface area (Å²) >= 11 is 0. The van der Waals surface area contributed by atoms with Crippen molar-refractivity contribution in [2.24, 2.45) is 20.5 Å². The minimum atomic E-state index is -1.34. The van der Waals surface area contributed by atoms with Crippen LogP contribution >= 0.6 is 0 Å². The van der Waals surface area contributed by atoms with Crippen molar-refractivity contribution in [1.29, 1.82) is 0 Å². The van der Waals surface area contributed by atoms with Gasteiger partial charge in [-0.25, -0.2) is 4.79 Å². The van der Waals surface area contributed by atoms with Gasteiger partial charge in [-0.05, 0) is 76.2 Å². The number of nitro groups is 2. The van der Waals surface area contributed by atoms with E-state index in [2.05, 4.69) is 27.0 Å². The average Bonchev–Trinajstić information content (AvgIpc) is 3.37. The first kappa shape index (κ1) is 72.1. The molecule has 4 rings (SSSR count). The van der Waals surface area contributed by atoms with Crippen LogP contribution in [0.4, 0.5) is 45.5 Å². The average molecular weight is 1130 g/mol. The van der Waals surface area contributed by atoms with Crippen LogP contribution < -0.4 is 132 Å². The molecular formula is C50H64K2N8O17. The standard InChI is InChI=1S/C27H36N4O8.C22H26N4O9.CH4.2K/c1-5-37-21(4)19-35-16-14-30(15-17-36-20-27(32)39-7-3)25-13-10-23(18-26(25)38-6-2)29-28-22-8-11-24(12-9-22)31(33)34;1-2-35-20-13-17(24-23-16-3-6-18(7-4-16)26(31)32)5-8-19(20)25(9-11-33-14-21(27)28)10-12-34-15-22(29)30;;;/h8-13,18H,4-7,14-17,19-20H2,1-3H3;3-8,13H,2,9-12,14-15H2,1H3,(H,27,28)(H,29,30);1H4;;/q;;;2*+1/p-2. The van der Waals surface area contributed by atoms with E-state index in [1.807, 2.05) is 24.8 Å². The molecule has 0 spiro atoms. The van der Waals surface area contributed by atoms with Crippen LogP contribution in [-0.4, -0.2) is 133 Å². The van der Waals surface area contributed by atoms with Crippen LogP contribution in [0, 0.1) is 20.2 Å². The Labute approximate surface area is 532 Å². The molecule has 0 N–H and O–H groups in total. The maximum absolute atomic E-state index is 11.6. The molecule has 0 amide bonds. The number of azo groups is 2. The largest absolute Gasteiger partial charge is 1.00 e. The van der Waals surface area contributed by atoms with E-state index in [0.717, 1.165) is 5.69 Å². The summed E-state index contributed by atoms with van der Waals surface area (Å²) in [5.74, 6) is -1.51. The molecule has 25 nitrogen and oxygen atoms in total. The van der Waals surface area contributed by atoms with Crippen molar-refractivity contribution in [3.63, 3.8) is 0 Å². The van der Waals surface area contributed by atoms with Crippen LogP contribution in [0.2, 0.25) is 0 Å². The minimum Gasteiger partial charge on any atom is -0.548 e. The van der Waals surface area contributed by atoms with Gasteiger partial charge in [0.05, 0.1) is 122 Å². The molecule has 0 aliphatic heterocycles. The number of anilines is 2. The van der Waals surface area contributed by atoms with Crippen LogP contribution in [0.1, 0.15) is 35.1 Å². The Bertz CT molecular complexity index is 2420. The van der Waals surface area contributed by atoms with Crippen molar-refractivity contribution in [3.05, 3.63) is 117 Å². The number of non-ortho nitro benzene ring substituents is 2. The monoisotopic (exact) mass is 1130 g/mol. The SMILES string of the molecule is C.C=C(COCCN(CCOCC(=O)OCC)c1ccc(N=Nc2ccc([N+](=O)[O-])cc2)cc1OCC)OCC.CCOc1cc(N=Nc2ccc([N+](=O)[O-])cc2)ccc1N(CCOCC(=O)[O-])CCOCC(=O)[O-].[K+].[K+]. The van der Waals surface area contributed by atoms with Gasteiger partial charge in [-0.15, -0.1) is 0 Å². The van der Waals surface area contributed by atoms with Crippen LogP contribution in [0.15, 0.2) is 118 Å². The number of rotatable bonds is 35. The molecule has 0 unspecified atom stereocenters. The number of esters is 1. The van der Waals surface area contributed by atoms with Gasteiger partial charge in [0.2, 0.25) is 0 Å². The zero-order chi connectivity index (χ0) is 54.1. The van der Waals surface area contributed by atoms with Crippen molar-refractivity contribution in [3.8, 4) is 11.5 Å². The van der Waals surface area contributed by atoms with Crippen LogP contribution in [0.3, 0.4) is 0 Å². The van der Waals surface area contributed by atoms with E-state index in [-0.39, 0.29) is 168 Å². The van der Waals surface area contributed by atoms with Gasteiger partial charge in [-0.1, -0.05) is 14.0 Å². The summed E-state index contributed by atoms with van der Waals surface area (Å²) in [7, 11) is 0. The Morgan fingerprint density at radius 3 is 1.18 bits per heavy atom. The van der Waals surface area contributed by atoms with E-state index in [1.165, 1.54) is 48.5 Å². The van der Waals surface area contributed by atoms with Crippen molar-refractivity contribution < 1.29 is 175 Å². The molecule has 0 saturated heterocycles. The van der Waals surface area contributed by atoms with Crippen molar-refractivity contribution >= 4 is 63.4 Å². The number of benzene rings is 4. The number of nitrogens with zero attached hydrogens (tertiary/aromatic N) is 8. The van der Waals surface area contributed by atoms with E-state index >= 15 is 0 Å². The molecular weight excluding hydrogens is 1060 g/mol. The van der Waals surface area contributed by atoms with Gasteiger partial charge in [-0.3, -0.25) is 20.2 Å². The van der Waals surface area contributed by atoms with E-state index in [0.29, 0.717) is 91.8 Å². The first-order valence-electron chi connectivity index (χ1n) is 23.2.